The maximum Gasteiger partial charge on any atom is 0.0108 e. The number of benzene rings is 1. The van der Waals surface area contributed by atoms with Gasteiger partial charge in [0.1, 0.15) is 0 Å². The molecule has 106 valence electrons. The van der Waals surface area contributed by atoms with Crippen LogP contribution in [0.25, 0.3) is 0 Å². The highest BCUT2D eigenvalue weighted by molar-refractivity contribution is 5.23. The summed E-state index contributed by atoms with van der Waals surface area (Å²) in [7, 11) is 0. The largest absolute Gasteiger partial charge is 0.315 e. The number of nitrogens with zero attached hydrogens (tertiary/aromatic N) is 1. The van der Waals surface area contributed by atoms with Crippen LogP contribution in [0, 0.1) is 0 Å². The smallest absolute Gasteiger partial charge is 0.0108 e. The first-order valence-corrected chi connectivity index (χ1v) is 7.38. The number of hydrogen-bond donors (Lipinski definition) is 2. The number of hydrogen-bond acceptors (Lipinski definition) is 3. The Labute approximate surface area is 117 Å². The predicted octanol–water partition coefficient (Wildman–Crippen LogP) is 1.46. The van der Waals surface area contributed by atoms with Gasteiger partial charge in [0.2, 0.25) is 0 Å². The van der Waals surface area contributed by atoms with E-state index in [1.165, 1.54) is 18.7 Å². The molecular formula is C16H27N3. The molecule has 1 aliphatic rings. The van der Waals surface area contributed by atoms with E-state index in [1.807, 2.05) is 0 Å². The highest BCUT2D eigenvalue weighted by Gasteiger charge is 2.19. The molecule has 2 N–H and O–H groups in total. The molecule has 0 spiro atoms. The summed E-state index contributed by atoms with van der Waals surface area (Å²) in [6.45, 7) is 12.5. The zero-order valence-corrected chi connectivity index (χ0v) is 12.3. The summed E-state index contributed by atoms with van der Waals surface area (Å²) in [6, 6.07) is 10.8. The van der Waals surface area contributed by atoms with Crippen molar-refractivity contribution in [2.24, 2.45) is 0 Å². The highest BCUT2D eigenvalue weighted by Crippen LogP contribution is 2.21. The van der Waals surface area contributed by atoms with E-state index >= 15 is 0 Å². The van der Waals surface area contributed by atoms with Gasteiger partial charge in [-0.2, -0.15) is 0 Å². The van der Waals surface area contributed by atoms with Crippen LogP contribution in [-0.2, 0) is 5.41 Å². The summed E-state index contributed by atoms with van der Waals surface area (Å²) < 4.78 is 0. The summed E-state index contributed by atoms with van der Waals surface area (Å²) in [6.07, 6.45) is 0. The van der Waals surface area contributed by atoms with Crippen molar-refractivity contribution in [1.29, 1.82) is 0 Å². The van der Waals surface area contributed by atoms with Gasteiger partial charge in [-0.3, -0.25) is 4.90 Å². The van der Waals surface area contributed by atoms with Gasteiger partial charge in [-0.15, -0.1) is 0 Å². The SMILES string of the molecule is CC(C)(CNCCN1CCNCC1)c1ccccc1. The van der Waals surface area contributed by atoms with Gasteiger partial charge in [0, 0.05) is 51.2 Å². The van der Waals surface area contributed by atoms with Crippen LogP contribution in [0.15, 0.2) is 30.3 Å². The molecule has 0 bridgehead atoms. The van der Waals surface area contributed by atoms with Crippen molar-refractivity contribution in [3.63, 3.8) is 0 Å². The van der Waals surface area contributed by atoms with Gasteiger partial charge in [-0.05, 0) is 5.56 Å². The second kappa shape index (κ2) is 7.04. The van der Waals surface area contributed by atoms with Crippen molar-refractivity contribution in [1.82, 2.24) is 15.5 Å². The summed E-state index contributed by atoms with van der Waals surface area (Å²) in [4.78, 5) is 2.53. The molecule has 1 aromatic carbocycles. The Bertz CT molecular complexity index is 356. The standard InChI is InChI=1S/C16H27N3/c1-16(2,15-6-4-3-5-7-15)14-18-10-13-19-11-8-17-9-12-19/h3-7,17-18H,8-14H2,1-2H3. The van der Waals surface area contributed by atoms with Gasteiger partial charge < -0.3 is 10.6 Å². The van der Waals surface area contributed by atoms with Crippen LogP contribution in [-0.4, -0.2) is 50.7 Å². The van der Waals surface area contributed by atoms with E-state index in [1.54, 1.807) is 0 Å². The average Bonchev–Trinajstić information content (AvgIpc) is 2.46. The number of rotatable bonds is 6. The summed E-state index contributed by atoms with van der Waals surface area (Å²) >= 11 is 0. The van der Waals surface area contributed by atoms with Gasteiger partial charge in [-0.1, -0.05) is 44.2 Å². The van der Waals surface area contributed by atoms with Crippen LogP contribution < -0.4 is 10.6 Å². The Balaban J connectivity index is 1.69. The highest BCUT2D eigenvalue weighted by atomic mass is 15.2. The first-order chi connectivity index (χ1) is 9.18. The van der Waals surface area contributed by atoms with E-state index < -0.39 is 0 Å². The van der Waals surface area contributed by atoms with E-state index in [0.29, 0.717) is 0 Å². The third-order valence-corrected chi connectivity index (χ3v) is 3.94. The van der Waals surface area contributed by atoms with Gasteiger partial charge in [-0.25, -0.2) is 0 Å². The van der Waals surface area contributed by atoms with Gasteiger partial charge in [0.05, 0.1) is 0 Å². The molecular weight excluding hydrogens is 234 g/mol. The average molecular weight is 261 g/mol. The Morgan fingerprint density at radius 2 is 1.84 bits per heavy atom. The molecule has 3 heteroatoms. The summed E-state index contributed by atoms with van der Waals surface area (Å²) in [5, 5.41) is 7.00. The van der Waals surface area contributed by atoms with Crippen LogP contribution >= 0.6 is 0 Å². The molecule has 0 amide bonds. The quantitative estimate of drug-likeness (QED) is 0.759. The number of nitrogens with one attached hydrogen (secondary N) is 2. The fourth-order valence-electron chi connectivity index (χ4n) is 2.56. The fraction of sp³-hybridized carbons (Fsp3) is 0.625. The van der Waals surface area contributed by atoms with Crippen molar-refractivity contribution in [3.8, 4) is 0 Å². The molecule has 1 aliphatic heterocycles. The van der Waals surface area contributed by atoms with Crippen molar-refractivity contribution in [2.45, 2.75) is 19.3 Å². The topological polar surface area (TPSA) is 27.3 Å². The van der Waals surface area contributed by atoms with Crippen molar-refractivity contribution in [2.75, 3.05) is 45.8 Å². The fourth-order valence-corrected chi connectivity index (χ4v) is 2.56. The Hall–Kier alpha value is -0.900. The molecule has 0 atom stereocenters. The van der Waals surface area contributed by atoms with Gasteiger partial charge >= 0.3 is 0 Å². The van der Waals surface area contributed by atoms with Crippen molar-refractivity contribution in [3.05, 3.63) is 35.9 Å². The molecule has 1 aromatic rings. The van der Waals surface area contributed by atoms with Gasteiger partial charge in [0.15, 0.2) is 0 Å². The monoisotopic (exact) mass is 261 g/mol. The van der Waals surface area contributed by atoms with Crippen LogP contribution in [0.1, 0.15) is 19.4 Å². The molecule has 1 heterocycles. The molecule has 0 radical (unpaired) electrons. The van der Waals surface area contributed by atoms with E-state index in [-0.39, 0.29) is 5.41 Å². The minimum absolute atomic E-state index is 0.199. The lowest BCUT2D eigenvalue weighted by Crippen LogP contribution is -2.46. The van der Waals surface area contributed by atoms with E-state index in [9.17, 15) is 0 Å². The minimum Gasteiger partial charge on any atom is -0.315 e. The minimum atomic E-state index is 0.199. The normalized spacial score (nSPS) is 17.6. The third-order valence-electron chi connectivity index (χ3n) is 3.94. The lowest BCUT2D eigenvalue weighted by atomic mass is 9.85. The molecule has 3 nitrogen and oxygen atoms in total. The molecule has 0 unspecified atom stereocenters. The maximum atomic E-state index is 3.61. The summed E-state index contributed by atoms with van der Waals surface area (Å²) in [5.74, 6) is 0. The Morgan fingerprint density at radius 3 is 2.53 bits per heavy atom. The third kappa shape index (κ3) is 4.60. The number of piperazine rings is 1. The van der Waals surface area contributed by atoms with Crippen LogP contribution in [0.4, 0.5) is 0 Å². The molecule has 0 aliphatic carbocycles. The molecule has 0 aromatic heterocycles. The molecule has 19 heavy (non-hydrogen) atoms. The van der Waals surface area contributed by atoms with Crippen LogP contribution in [0.2, 0.25) is 0 Å². The molecule has 2 rings (SSSR count). The first kappa shape index (κ1) is 14.5. The zero-order chi connectivity index (χ0) is 13.6. The molecule has 0 saturated carbocycles. The maximum absolute atomic E-state index is 3.61. The van der Waals surface area contributed by atoms with E-state index in [0.717, 1.165) is 32.7 Å². The predicted molar refractivity (Wildman–Crippen MR) is 81.6 cm³/mol. The van der Waals surface area contributed by atoms with E-state index in [2.05, 4.69) is 59.7 Å². The Morgan fingerprint density at radius 1 is 1.16 bits per heavy atom. The zero-order valence-electron chi connectivity index (χ0n) is 12.3. The van der Waals surface area contributed by atoms with Crippen molar-refractivity contribution < 1.29 is 0 Å². The first-order valence-electron chi connectivity index (χ1n) is 7.38. The lowest BCUT2D eigenvalue weighted by molar-refractivity contribution is 0.239. The van der Waals surface area contributed by atoms with Crippen molar-refractivity contribution >= 4 is 0 Å². The molecule has 1 saturated heterocycles. The van der Waals surface area contributed by atoms with Crippen LogP contribution in [0.3, 0.4) is 0 Å². The second-order valence-corrected chi connectivity index (χ2v) is 6.02. The summed E-state index contributed by atoms with van der Waals surface area (Å²) in [5.41, 5.74) is 1.61. The molecule has 1 fully saturated rings. The van der Waals surface area contributed by atoms with Gasteiger partial charge in [0.25, 0.3) is 0 Å². The lowest BCUT2D eigenvalue weighted by Gasteiger charge is -2.29. The Kier molecular flexibility index (Phi) is 5.37. The van der Waals surface area contributed by atoms with E-state index in [4.69, 9.17) is 0 Å². The van der Waals surface area contributed by atoms with Crippen LogP contribution in [0.5, 0.6) is 0 Å². The second-order valence-electron chi connectivity index (χ2n) is 6.02.